The Morgan fingerprint density at radius 3 is 2.59 bits per heavy atom. The summed E-state index contributed by atoms with van der Waals surface area (Å²) in [7, 11) is -4.91. The number of carboxylic acid groups (broad SMARTS) is 1. The third kappa shape index (κ3) is 8.66. The summed E-state index contributed by atoms with van der Waals surface area (Å²) in [5.41, 5.74) is 11.0. The molecule has 20 heteroatoms. The molecule has 18 nitrogen and oxygen atoms in total. The van der Waals surface area contributed by atoms with Crippen molar-refractivity contribution in [1.82, 2.24) is 20.7 Å². The molecule has 4 rings (SSSR count). The summed E-state index contributed by atoms with van der Waals surface area (Å²) < 4.78 is 40.8. The molecule has 2 saturated heterocycles. The number of nitrogens with zero attached hydrogens (tertiary/aromatic N) is 4. The van der Waals surface area contributed by atoms with Crippen LogP contribution in [0.5, 0.6) is 5.75 Å². The predicted octanol–water partition coefficient (Wildman–Crippen LogP) is -0.477. The zero-order valence-electron chi connectivity index (χ0n) is 24.8. The van der Waals surface area contributed by atoms with Gasteiger partial charge >= 0.3 is 16.4 Å². The summed E-state index contributed by atoms with van der Waals surface area (Å²) in [6, 6.07) is 6.70. The molecule has 3 atom stereocenters. The van der Waals surface area contributed by atoms with E-state index in [4.69, 9.17) is 25.6 Å². The number of anilines is 1. The first-order valence-corrected chi connectivity index (χ1v) is 16.1. The average molecular weight is 683 g/mol. The van der Waals surface area contributed by atoms with E-state index in [-0.39, 0.29) is 35.5 Å². The van der Waals surface area contributed by atoms with Crippen molar-refractivity contribution in [3.63, 3.8) is 0 Å². The highest BCUT2D eigenvalue weighted by Crippen LogP contribution is 2.40. The van der Waals surface area contributed by atoms with E-state index in [9.17, 15) is 27.9 Å². The number of nitrogens with two attached hydrogens (primary N) is 2. The molecule has 0 spiro atoms. The molecule has 2 amide bonds. The van der Waals surface area contributed by atoms with E-state index < -0.39 is 52.4 Å². The fourth-order valence-corrected chi connectivity index (χ4v) is 5.70. The van der Waals surface area contributed by atoms with Gasteiger partial charge < -0.3 is 36.8 Å². The quantitative estimate of drug-likeness (QED) is 0.0456. The van der Waals surface area contributed by atoms with Crippen LogP contribution in [0.4, 0.5) is 5.13 Å². The third-order valence-corrected chi connectivity index (χ3v) is 8.21. The number of carboxylic acids is 1. The van der Waals surface area contributed by atoms with Crippen LogP contribution >= 0.6 is 11.3 Å². The maximum atomic E-state index is 13.1. The van der Waals surface area contributed by atoms with Crippen molar-refractivity contribution in [3.05, 3.63) is 40.9 Å². The first kappa shape index (κ1) is 34.5. The van der Waals surface area contributed by atoms with Crippen LogP contribution in [0.2, 0.25) is 0 Å². The van der Waals surface area contributed by atoms with Gasteiger partial charge in [0.05, 0.1) is 17.5 Å². The topological polar surface area (TPSA) is 270 Å². The van der Waals surface area contributed by atoms with E-state index in [1.807, 2.05) is 0 Å². The minimum atomic E-state index is -4.91. The Morgan fingerprint density at radius 1 is 1.30 bits per heavy atom. The van der Waals surface area contributed by atoms with Gasteiger partial charge in [-0.3, -0.25) is 19.1 Å². The van der Waals surface area contributed by atoms with Crippen molar-refractivity contribution < 1.29 is 46.3 Å². The number of β-lactam (4-membered cyclic amide) rings is 1. The average Bonchev–Trinajstić information content (AvgIpc) is 3.66. The lowest BCUT2D eigenvalue weighted by Crippen LogP contribution is -2.68. The number of ether oxygens (including phenoxy) is 1. The van der Waals surface area contributed by atoms with Crippen LogP contribution in [0, 0.1) is 5.92 Å². The summed E-state index contributed by atoms with van der Waals surface area (Å²) in [4.78, 5) is 51.0. The Balaban J connectivity index is 1.36. The SMILES string of the molecule is CC1(C)[C@H](CCNC(=O)/C(=N\O[C@@H](COc2ccc(C(N)=NC3CCNC3)cc2)C(=O)O)c2csc(N)n2)C(=O)N1OS(=O)(=O)O. The summed E-state index contributed by atoms with van der Waals surface area (Å²) in [6.45, 7) is 4.14. The third-order valence-electron chi connectivity index (χ3n) is 7.20. The molecule has 2 aliphatic rings. The smallest absolute Gasteiger partial charge is 0.418 e. The van der Waals surface area contributed by atoms with Crippen LogP contribution in [0.1, 0.15) is 37.9 Å². The number of aliphatic carboxylic acids is 1. The Kier molecular flexibility index (Phi) is 10.8. The fraction of sp³-hybridized carbons (Fsp3) is 0.462. The van der Waals surface area contributed by atoms with E-state index in [0.29, 0.717) is 22.2 Å². The largest absolute Gasteiger partial charge is 0.489 e. The number of amidine groups is 1. The van der Waals surface area contributed by atoms with E-state index >= 15 is 0 Å². The number of aromatic nitrogens is 1. The second-order valence-electron chi connectivity index (χ2n) is 10.8. The number of rotatable bonds is 15. The maximum Gasteiger partial charge on any atom is 0.418 e. The van der Waals surface area contributed by atoms with Crippen LogP contribution in [0.25, 0.3) is 0 Å². The van der Waals surface area contributed by atoms with Crippen LogP contribution < -0.4 is 26.8 Å². The van der Waals surface area contributed by atoms with Crippen molar-refractivity contribution in [2.24, 2.45) is 21.8 Å². The molecule has 1 aromatic heterocycles. The van der Waals surface area contributed by atoms with Gasteiger partial charge in [-0.1, -0.05) is 5.16 Å². The number of thiazole rings is 1. The molecule has 2 fully saturated rings. The van der Waals surface area contributed by atoms with Crippen LogP contribution in [0.15, 0.2) is 39.8 Å². The van der Waals surface area contributed by atoms with Gasteiger partial charge in [-0.2, -0.15) is 13.5 Å². The minimum absolute atomic E-state index is 0.0149. The number of nitrogens with one attached hydrogen (secondary N) is 2. The second kappa shape index (κ2) is 14.4. The Bertz CT molecular complexity index is 1600. The first-order chi connectivity index (χ1) is 21.7. The summed E-state index contributed by atoms with van der Waals surface area (Å²) in [6.07, 6.45) is -0.658. The Morgan fingerprint density at radius 2 is 2.02 bits per heavy atom. The lowest BCUT2D eigenvalue weighted by molar-refractivity contribution is -0.229. The van der Waals surface area contributed by atoms with Crippen molar-refractivity contribution in [2.45, 2.75) is 44.4 Å². The van der Waals surface area contributed by atoms with E-state index in [1.165, 1.54) is 19.2 Å². The van der Waals surface area contributed by atoms with Gasteiger partial charge in [-0.05, 0) is 57.5 Å². The predicted molar refractivity (Wildman–Crippen MR) is 164 cm³/mol. The number of carbonyl (C=O) groups excluding carboxylic acids is 2. The molecule has 1 aromatic carbocycles. The number of hydrogen-bond donors (Lipinski definition) is 6. The zero-order valence-corrected chi connectivity index (χ0v) is 26.4. The number of amides is 2. The number of carbonyl (C=O) groups is 3. The highest BCUT2D eigenvalue weighted by Gasteiger charge is 2.56. The summed E-state index contributed by atoms with van der Waals surface area (Å²) in [5.74, 6) is -2.98. The molecule has 0 radical (unpaired) electrons. The number of aliphatic imine (C=N–C) groups is 1. The van der Waals surface area contributed by atoms with Crippen LogP contribution in [0.3, 0.4) is 0 Å². The van der Waals surface area contributed by atoms with E-state index in [1.54, 1.807) is 24.3 Å². The number of oxime groups is 1. The number of hydrogen-bond acceptors (Lipinski definition) is 14. The molecule has 1 unspecified atom stereocenters. The van der Waals surface area contributed by atoms with Gasteiger partial charge in [0.15, 0.2) is 10.8 Å². The standard InChI is InChI=1S/C26H34N8O10S2/c1-26(2)17(23(36)34(26)44-46(39,40)41)8-10-30-22(35)20(18-13-45-25(28)32-18)33-43-19(24(37)38)12-42-16-5-3-14(4-6-16)21(27)31-15-7-9-29-11-15/h3-6,13,15,17,19,29H,7-12H2,1-2H3,(H2,27,31)(H2,28,32)(H,30,35)(H,37,38)(H,39,40,41)/b33-20-/t15?,17-,19+/m1/s1. The van der Waals surface area contributed by atoms with Crippen molar-refractivity contribution >= 4 is 56.2 Å². The van der Waals surface area contributed by atoms with Crippen molar-refractivity contribution in [3.8, 4) is 5.75 Å². The Labute approximate surface area is 267 Å². The number of benzene rings is 1. The fourth-order valence-electron chi connectivity index (χ4n) is 4.70. The lowest BCUT2D eigenvalue weighted by Gasteiger charge is -2.51. The van der Waals surface area contributed by atoms with Gasteiger partial charge in [0, 0.05) is 24.0 Å². The molecule has 2 aliphatic heterocycles. The number of hydroxylamine groups is 2. The second-order valence-corrected chi connectivity index (χ2v) is 12.7. The highest BCUT2D eigenvalue weighted by molar-refractivity contribution is 7.80. The minimum Gasteiger partial charge on any atom is -0.489 e. The van der Waals surface area contributed by atoms with E-state index in [2.05, 4.69) is 30.0 Å². The maximum absolute atomic E-state index is 13.1. The van der Waals surface area contributed by atoms with Gasteiger partial charge in [-0.15, -0.1) is 15.6 Å². The van der Waals surface area contributed by atoms with Crippen LogP contribution in [-0.2, 0) is 33.9 Å². The molecule has 8 N–H and O–H groups in total. The first-order valence-electron chi connectivity index (χ1n) is 13.9. The zero-order chi connectivity index (χ0) is 33.6. The molecule has 0 saturated carbocycles. The van der Waals surface area contributed by atoms with E-state index in [0.717, 1.165) is 30.8 Å². The summed E-state index contributed by atoms with van der Waals surface area (Å²) in [5, 5.41) is 21.3. The molecule has 250 valence electrons. The molecule has 46 heavy (non-hydrogen) atoms. The normalized spacial score (nSPS) is 20.6. The van der Waals surface area contributed by atoms with Gasteiger partial charge in [0.2, 0.25) is 0 Å². The Hall–Kier alpha value is -4.37. The lowest BCUT2D eigenvalue weighted by atomic mass is 9.76. The molecule has 0 aliphatic carbocycles. The molecular weight excluding hydrogens is 648 g/mol. The molecule has 0 bridgehead atoms. The van der Waals surface area contributed by atoms with Gasteiger partial charge in [0.1, 0.15) is 23.9 Å². The highest BCUT2D eigenvalue weighted by atomic mass is 32.3. The molecule has 3 heterocycles. The van der Waals surface area contributed by atoms with Crippen LogP contribution in [-0.4, -0.2) is 101 Å². The molecular formula is C26H34N8O10S2. The van der Waals surface area contributed by atoms with Gasteiger partial charge in [-0.25, -0.2) is 9.78 Å². The summed E-state index contributed by atoms with van der Waals surface area (Å²) >= 11 is 1.01. The van der Waals surface area contributed by atoms with Crippen molar-refractivity contribution in [1.29, 1.82) is 0 Å². The monoisotopic (exact) mass is 682 g/mol. The van der Waals surface area contributed by atoms with Crippen molar-refractivity contribution in [2.75, 3.05) is 32.0 Å². The molecule has 2 aromatic rings. The number of nitrogen functional groups attached to an aromatic ring is 1. The van der Waals surface area contributed by atoms with Gasteiger partial charge in [0.25, 0.3) is 17.9 Å².